The van der Waals surface area contributed by atoms with Crippen LogP contribution in [0, 0.1) is 5.92 Å². The van der Waals surface area contributed by atoms with Crippen LogP contribution in [0.5, 0.6) is 5.75 Å². The second-order valence-corrected chi connectivity index (χ2v) is 10.5. The van der Waals surface area contributed by atoms with Crippen LogP contribution in [-0.2, 0) is 21.2 Å². The molecular formula is C21H30N2O4S. The van der Waals surface area contributed by atoms with Crippen LogP contribution < -0.4 is 4.74 Å². The second kappa shape index (κ2) is 7.67. The van der Waals surface area contributed by atoms with Crippen molar-refractivity contribution in [1.29, 1.82) is 0 Å². The number of carbonyl (C=O) groups is 1. The van der Waals surface area contributed by atoms with Gasteiger partial charge < -0.3 is 9.64 Å². The first-order chi connectivity index (χ1) is 13.4. The monoisotopic (exact) mass is 406 g/mol. The summed E-state index contributed by atoms with van der Waals surface area (Å²) in [7, 11) is -3.49. The highest BCUT2D eigenvalue weighted by Crippen LogP contribution is 2.34. The van der Waals surface area contributed by atoms with Crippen LogP contribution in [-0.4, -0.2) is 55.3 Å². The summed E-state index contributed by atoms with van der Waals surface area (Å²) < 4.78 is 33.5. The maximum atomic E-state index is 13.0. The topological polar surface area (TPSA) is 66.9 Å². The molecule has 3 aliphatic rings. The highest BCUT2D eigenvalue weighted by Gasteiger charge is 2.36. The summed E-state index contributed by atoms with van der Waals surface area (Å²) in [4.78, 5) is 15.1. The second-order valence-electron chi connectivity index (χ2n) is 8.54. The SMILES string of the molecule is CC1CCN(S(=O)(=O)c2ccc3c(c2)CC(C(=O)N2CCCCC2C)O3)CC1. The van der Waals surface area contributed by atoms with Crippen molar-refractivity contribution in [2.24, 2.45) is 5.92 Å². The molecule has 2 unspecified atom stereocenters. The van der Waals surface area contributed by atoms with E-state index in [0.717, 1.165) is 44.2 Å². The van der Waals surface area contributed by atoms with Gasteiger partial charge in [0.15, 0.2) is 6.10 Å². The number of nitrogens with zero attached hydrogens (tertiary/aromatic N) is 2. The molecule has 0 spiro atoms. The van der Waals surface area contributed by atoms with Crippen LogP contribution in [0.2, 0.25) is 0 Å². The van der Waals surface area contributed by atoms with Crippen LogP contribution in [0.25, 0.3) is 0 Å². The summed E-state index contributed by atoms with van der Waals surface area (Å²) in [6.45, 7) is 6.18. The Kier molecular flexibility index (Phi) is 5.40. The highest BCUT2D eigenvalue weighted by molar-refractivity contribution is 7.89. The molecule has 1 aromatic carbocycles. The zero-order valence-corrected chi connectivity index (χ0v) is 17.6. The van der Waals surface area contributed by atoms with Gasteiger partial charge in [0, 0.05) is 32.1 Å². The maximum Gasteiger partial charge on any atom is 0.264 e. The van der Waals surface area contributed by atoms with Gasteiger partial charge in [0.2, 0.25) is 10.0 Å². The van der Waals surface area contributed by atoms with Crippen LogP contribution in [0.4, 0.5) is 0 Å². The number of sulfonamides is 1. The molecule has 0 aromatic heterocycles. The van der Waals surface area contributed by atoms with Crippen molar-refractivity contribution in [3.8, 4) is 5.75 Å². The minimum Gasteiger partial charge on any atom is -0.480 e. The maximum absolute atomic E-state index is 13.0. The number of ether oxygens (including phenoxy) is 1. The first-order valence-corrected chi connectivity index (χ1v) is 11.9. The lowest BCUT2D eigenvalue weighted by molar-refractivity contribution is -0.141. The van der Waals surface area contributed by atoms with Gasteiger partial charge in [0.25, 0.3) is 5.91 Å². The van der Waals surface area contributed by atoms with Gasteiger partial charge in [-0.05, 0) is 68.7 Å². The Morgan fingerprint density at radius 2 is 1.82 bits per heavy atom. The van der Waals surface area contributed by atoms with Crippen LogP contribution in [0.15, 0.2) is 23.1 Å². The average molecular weight is 407 g/mol. The van der Waals surface area contributed by atoms with Crippen LogP contribution in [0.3, 0.4) is 0 Å². The summed E-state index contributed by atoms with van der Waals surface area (Å²) in [6, 6.07) is 5.27. The normalized spacial score (nSPS) is 26.7. The van der Waals surface area contributed by atoms with Gasteiger partial charge in [-0.15, -0.1) is 0 Å². The van der Waals surface area contributed by atoms with E-state index in [1.54, 1.807) is 22.5 Å². The first-order valence-electron chi connectivity index (χ1n) is 10.5. The molecule has 28 heavy (non-hydrogen) atoms. The lowest BCUT2D eigenvalue weighted by atomic mass is 10.0. The fourth-order valence-electron chi connectivity index (χ4n) is 4.51. The predicted octanol–water partition coefficient (Wildman–Crippen LogP) is 2.81. The van der Waals surface area contributed by atoms with Crippen molar-refractivity contribution >= 4 is 15.9 Å². The summed E-state index contributed by atoms with van der Waals surface area (Å²) in [5, 5.41) is 0. The number of hydrogen-bond acceptors (Lipinski definition) is 4. The zero-order chi connectivity index (χ0) is 19.9. The molecule has 1 aromatic rings. The van der Waals surface area contributed by atoms with Crippen molar-refractivity contribution in [2.45, 2.75) is 69.4 Å². The van der Waals surface area contributed by atoms with Gasteiger partial charge in [-0.2, -0.15) is 4.31 Å². The van der Waals surface area contributed by atoms with Crippen molar-refractivity contribution < 1.29 is 17.9 Å². The Hall–Kier alpha value is -1.60. The molecule has 0 radical (unpaired) electrons. The number of fused-ring (bicyclic) bond motifs is 1. The number of amides is 1. The zero-order valence-electron chi connectivity index (χ0n) is 16.8. The summed E-state index contributed by atoms with van der Waals surface area (Å²) in [5.41, 5.74) is 0.814. The van der Waals surface area contributed by atoms with E-state index in [0.29, 0.717) is 36.1 Å². The third-order valence-electron chi connectivity index (χ3n) is 6.45. The van der Waals surface area contributed by atoms with Crippen molar-refractivity contribution in [3.05, 3.63) is 23.8 Å². The Balaban J connectivity index is 1.49. The molecule has 0 aliphatic carbocycles. The van der Waals surface area contributed by atoms with E-state index in [1.807, 2.05) is 4.90 Å². The molecule has 0 saturated carbocycles. The van der Waals surface area contributed by atoms with Gasteiger partial charge in [0.05, 0.1) is 4.90 Å². The van der Waals surface area contributed by atoms with E-state index in [4.69, 9.17) is 4.74 Å². The fraction of sp³-hybridized carbons (Fsp3) is 0.667. The van der Waals surface area contributed by atoms with E-state index in [-0.39, 0.29) is 11.9 Å². The van der Waals surface area contributed by atoms with Crippen molar-refractivity contribution in [2.75, 3.05) is 19.6 Å². The Labute approximate surface area is 167 Å². The molecule has 2 fully saturated rings. The molecule has 154 valence electrons. The van der Waals surface area contributed by atoms with E-state index in [9.17, 15) is 13.2 Å². The number of likely N-dealkylation sites (tertiary alicyclic amines) is 1. The minimum absolute atomic E-state index is 0.0258. The fourth-order valence-corrected chi connectivity index (χ4v) is 6.03. The largest absolute Gasteiger partial charge is 0.480 e. The Morgan fingerprint density at radius 3 is 2.54 bits per heavy atom. The number of piperidine rings is 2. The van der Waals surface area contributed by atoms with E-state index in [1.165, 1.54) is 0 Å². The van der Waals surface area contributed by atoms with Crippen LogP contribution >= 0.6 is 0 Å². The van der Waals surface area contributed by atoms with E-state index in [2.05, 4.69) is 13.8 Å². The highest BCUT2D eigenvalue weighted by atomic mass is 32.2. The van der Waals surface area contributed by atoms with Crippen molar-refractivity contribution in [1.82, 2.24) is 9.21 Å². The molecule has 0 N–H and O–H groups in total. The lowest BCUT2D eigenvalue weighted by Gasteiger charge is -2.34. The standard InChI is InChI=1S/C21H30N2O4S/c1-15-8-11-22(12-9-15)28(25,26)18-6-7-19-17(13-18)14-20(27-19)21(24)23-10-4-3-5-16(23)2/h6-7,13,15-16,20H,3-5,8-12,14H2,1-2H3. The summed E-state index contributed by atoms with van der Waals surface area (Å²) >= 11 is 0. The molecule has 3 heterocycles. The molecule has 6 nitrogen and oxygen atoms in total. The van der Waals surface area contributed by atoms with Gasteiger partial charge >= 0.3 is 0 Å². The molecule has 2 atom stereocenters. The summed E-state index contributed by atoms with van der Waals surface area (Å²) in [5.74, 6) is 1.23. The Bertz CT molecular complexity index is 846. The van der Waals surface area contributed by atoms with Crippen LogP contribution in [0.1, 0.15) is 51.5 Å². The van der Waals surface area contributed by atoms with E-state index < -0.39 is 16.1 Å². The molecule has 1 amide bonds. The first kappa shape index (κ1) is 19.7. The molecule has 7 heteroatoms. The molecule has 3 aliphatic heterocycles. The Morgan fingerprint density at radius 1 is 1.07 bits per heavy atom. The number of hydrogen-bond donors (Lipinski definition) is 0. The molecule has 2 saturated heterocycles. The predicted molar refractivity (Wildman–Crippen MR) is 107 cm³/mol. The summed E-state index contributed by atoms with van der Waals surface area (Å²) in [6.07, 6.45) is 4.93. The molecule has 0 bridgehead atoms. The van der Waals surface area contributed by atoms with Gasteiger partial charge in [-0.1, -0.05) is 6.92 Å². The van der Waals surface area contributed by atoms with E-state index >= 15 is 0 Å². The van der Waals surface area contributed by atoms with Gasteiger partial charge in [0.1, 0.15) is 5.75 Å². The smallest absolute Gasteiger partial charge is 0.264 e. The third-order valence-corrected chi connectivity index (χ3v) is 8.34. The molecular weight excluding hydrogens is 376 g/mol. The number of carbonyl (C=O) groups excluding carboxylic acids is 1. The van der Waals surface area contributed by atoms with Crippen molar-refractivity contribution in [3.63, 3.8) is 0 Å². The number of rotatable bonds is 3. The van der Waals surface area contributed by atoms with Gasteiger partial charge in [-0.25, -0.2) is 8.42 Å². The van der Waals surface area contributed by atoms with Gasteiger partial charge in [-0.3, -0.25) is 4.79 Å². The molecule has 4 rings (SSSR count). The minimum atomic E-state index is -3.49. The lowest BCUT2D eigenvalue weighted by Crippen LogP contribution is -2.48. The third kappa shape index (κ3) is 3.66. The quantitative estimate of drug-likeness (QED) is 0.774. The average Bonchev–Trinajstić information content (AvgIpc) is 3.11. The number of benzene rings is 1.